The lowest BCUT2D eigenvalue weighted by Gasteiger charge is -2.14. The summed E-state index contributed by atoms with van der Waals surface area (Å²) in [5.74, 6) is 0.415. The van der Waals surface area contributed by atoms with Crippen LogP contribution in [0.5, 0.6) is 5.75 Å². The normalized spacial score (nSPS) is 12.0. The minimum absolute atomic E-state index is 0.110. The van der Waals surface area contributed by atoms with Crippen molar-refractivity contribution >= 4 is 5.91 Å². The van der Waals surface area contributed by atoms with Gasteiger partial charge in [0.2, 0.25) is 0 Å². The zero-order chi connectivity index (χ0) is 14.7. The molecule has 0 saturated carbocycles. The van der Waals surface area contributed by atoms with E-state index >= 15 is 0 Å². The van der Waals surface area contributed by atoms with Crippen LogP contribution in [0.2, 0.25) is 0 Å². The van der Waals surface area contributed by atoms with Crippen molar-refractivity contribution in [3.05, 3.63) is 47.3 Å². The summed E-state index contributed by atoms with van der Waals surface area (Å²) < 4.78 is 6.95. The molecule has 2 rings (SSSR count). The van der Waals surface area contributed by atoms with Gasteiger partial charge in [0.15, 0.2) is 0 Å². The molecule has 0 saturated heterocycles. The van der Waals surface area contributed by atoms with Crippen LogP contribution in [0.4, 0.5) is 0 Å². The number of nitrogens with zero attached hydrogens (tertiary/aromatic N) is 2. The van der Waals surface area contributed by atoms with Crippen LogP contribution in [0.15, 0.2) is 30.5 Å². The number of carbonyl (C=O) groups is 1. The molecular formula is C15H19N3O2. The predicted octanol–water partition coefficient (Wildman–Crippen LogP) is 2.23. The van der Waals surface area contributed by atoms with E-state index in [1.54, 1.807) is 23.9 Å². The fraction of sp³-hybridized carbons (Fsp3) is 0.333. The van der Waals surface area contributed by atoms with Gasteiger partial charge in [-0.15, -0.1) is 0 Å². The molecule has 1 atom stereocenters. The van der Waals surface area contributed by atoms with Crippen LogP contribution in [-0.2, 0) is 7.05 Å². The van der Waals surface area contributed by atoms with Crippen molar-refractivity contribution in [3.63, 3.8) is 0 Å². The van der Waals surface area contributed by atoms with E-state index in [0.717, 1.165) is 11.3 Å². The maximum atomic E-state index is 12.3. The minimum atomic E-state index is -0.154. The van der Waals surface area contributed by atoms with Crippen LogP contribution in [0.1, 0.15) is 34.6 Å². The molecule has 1 heterocycles. The van der Waals surface area contributed by atoms with E-state index in [0.29, 0.717) is 11.3 Å². The lowest BCUT2D eigenvalue weighted by molar-refractivity contribution is 0.0937. The summed E-state index contributed by atoms with van der Waals surface area (Å²) in [6.45, 7) is 3.87. The van der Waals surface area contributed by atoms with E-state index in [2.05, 4.69) is 10.4 Å². The molecule has 0 aliphatic heterocycles. The molecule has 2 aromatic rings. The lowest BCUT2D eigenvalue weighted by Crippen LogP contribution is -2.27. The summed E-state index contributed by atoms with van der Waals surface area (Å²) in [5.41, 5.74) is 2.46. The van der Waals surface area contributed by atoms with Gasteiger partial charge in [0.1, 0.15) is 5.75 Å². The second kappa shape index (κ2) is 5.77. The molecule has 0 spiro atoms. The molecule has 1 aromatic heterocycles. The number of hydrogen-bond donors (Lipinski definition) is 1. The van der Waals surface area contributed by atoms with Crippen LogP contribution < -0.4 is 10.1 Å². The molecular weight excluding hydrogens is 254 g/mol. The van der Waals surface area contributed by atoms with Crippen LogP contribution in [0.25, 0.3) is 0 Å². The van der Waals surface area contributed by atoms with Gasteiger partial charge in [-0.2, -0.15) is 5.10 Å². The molecule has 5 heteroatoms. The van der Waals surface area contributed by atoms with E-state index in [9.17, 15) is 4.79 Å². The highest BCUT2D eigenvalue weighted by molar-refractivity contribution is 5.97. The molecule has 5 nitrogen and oxygen atoms in total. The first-order valence-corrected chi connectivity index (χ1v) is 6.47. The van der Waals surface area contributed by atoms with Crippen molar-refractivity contribution in [2.24, 2.45) is 7.05 Å². The molecule has 106 valence electrons. The van der Waals surface area contributed by atoms with Crippen molar-refractivity contribution in [2.75, 3.05) is 7.11 Å². The zero-order valence-corrected chi connectivity index (χ0v) is 12.2. The van der Waals surface area contributed by atoms with Gasteiger partial charge in [0.25, 0.3) is 5.91 Å². The summed E-state index contributed by atoms with van der Waals surface area (Å²) in [5, 5.41) is 7.26. The maximum Gasteiger partial charge on any atom is 0.255 e. The van der Waals surface area contributed by atoms with Crippen molar-refractivity contribution in [1.82, 2.24) is 15.1 Å². The van der Waals surface area contributed by atoms with Crippen molar-refractivity contribution in [2.45, 2.75) is 19.9 Å². The summed E-state index contributed by atoms with van der Waals surface area (Å²) in [4.78, 5) is 12.3. The smallest absolute Gasteiger partial charge is 0.255 e. The van der Waals surface area contributed by atoms with Gasteiger partial charge in [-0.25, -0.2) is 0 Å². The van der Waals surface area contributed by atoms with Gasteiger partial charge in [-0.05, 0) is 26.0 Å². The topological polar surface area (TPSA) is 56.1 Å². The van der Waals surface area contributed by atoms with E-state index in [4.69, 9.17) is 4.74 Å². The third-order valence-electron chi connectivity index (χ3n) is 3.22. The molecule has 0 aliphatic rings. The van der Waals surface area contributed by atoms with Crippen LogP contribution in [0, 0.1) is 6.92 Å². The Morgan fingerprint density at radius 3 is 2.70 bits per heavy atom. The number of aromatic nitrogens is 2. The largest absolute Gasteiger partial charge is 0.496 e. The molecule has 1 N–H and O–H groups in total. The molecule has 20 heavy (non-hydrogen) atoms. The monoisotopic (exact) mass is 273 g/mol. The second-order valence-corrected chi connectivity index (χ2v) is 4.74. The molecule has 0 aliphatic carbocycles. The number of nitrogens with one attached hydrogen (secondary N) is 1. The summed E-state index contributed by atoms with van der Waals surface area (Å²) >= 11 is 0. The molecule has 0 fully saturated rings. The standard InChI is InChI=1S/C15H19N3O2/c1-10(13-9-18(3)17-11(13)2)16-15(19)12-7-5-6-8-14(12)20-4/h5-10H,1-4H3,(H,16,19). The zero-order valence-electron chi connectivity index (χ0n) is 12.2. The molecule has 1 amide bonds. The van der Waals surface area contributed by atoms with Gasteiger partial charge in [-0.3, -0.25) is 9.48 Å². The van der Waals surface area contributed by atoms with E-state index in [1.807, 2.05) is 39.2 Å². The fourth-order valence-electron chi connectivity index (χ4n) is 2.23. The van der Waals surface area contributed by atoms with Crippen LogP contribution in [-0.4, -0.2) is 22.8 Å². The summed E-state index contributed by atoms with van der Waals surface area (Å²) in [7, 11) is 3.42. The lowest BCUT2D eigenvalue weighted by atomic mass is 10.1. The first-order chi connectivity index (χ1) is 9.52. The van der Waals surface area contributed by atoms with Gasteiger partial charge in [-0.1, -0.05) is 12.1 Å². The average molecular weight is 273 g/mol. The molecule has 1 aromatic carbocycles. The SMILES string of the molecule is COc1ccccc1C(=O)NC(C)c1cn(C)nc1C. The number of hydrogen-bond acceptors (Lipinski definition) is 3. The van der Waals surface area contributed by atoms with E-state index in [1.165, 1.54) is 0 Å². The van der Waals surface area contributed by atoms with E-state index in [-0.39, 0.29) is 11.9 Å². The minimum Gasteiger partial charge on any atom is -0.496 e. The second-order valence-electron chi connectivity index (χ2n) is 4.74. The third-order valence-corrected chi connectivity index (χ3v) is 3.22. The number of rotatable bonds is 4. The van der Waals surface area contributed by atoms with Gasteiger partial charge in [0, 0.05) is 18.8 Å². The highest BCUT2D eigenvalue weighted by Gasteiger charge is 2.17. The quantitative estimate of drug-likeness (QED) is 0.929. The third kappa shape index (κ3) is 2.82. The highest BCUT2D eigenvalue weighted by atomic mass is 16.5. The molecule has 1 unspecified atom stereocenters. The van der Waals surface area contributed by atoms with Gasteiger partial charge < -0.3 is 10.1 Å². The van der Waals surface area contributed by atoms with Gasteiger partial charge >= 0.3 is 0 Å². The number of methoxy groups -OCH3 is 1. The van der Waals surface area contributed by atoms with Gasteiger partial charge in [0.05, 0.1) is 24.4 Å². The summed E-state index contributed by atoms with van der Waals surface area (Å²) in [6, 6.07) is 7.06. The Hall–Kier alpha value is -2.30. The van der Waals surface area contributed by atoms with Crippen molar-refractivity contribution in [3.8, 4) is 5.75 Å². The molecule has 0 radical (unpaired) electrons. The highest BCUT2D eigenvalue weighted by Crippen LogP contribution is 2.20. The predicted molar refractivity (Wildman–Crippen MR) is 76.8 cm³/mol. The van der Waals surface area contributed by atoms with Crippen molar-refractivity contribution in [1.29, 1.82) is 0 Å². The average Bonchev–Trinajstić information content (AvgIpc) is 2.77. The molecule has 0 bridgehead atoms. The Morgan fingerprint density at radius 1 is 1.40 bits per heavy atom. The first-order valence-electron chi connectivity index (χ1n) is 6.47. The Morgan fingerprint density at radius 2 is 2.10 bits per heavy atom. The van der Waals surface area contributed by atoms with Crippen molar-refractivity contribution < 1.29 is 9.53 Å². The Labute approximate surface area is 118 Å². The fourth-order valence-corrected chi connectivity index (χ4v) is 2.23. The number of amides is 1. The number of para-hydroxylation sites is 1. The Balaban J connectivity index is 2.17. The number of aryl methyl sites for hydroxylation is 2. The Kier molecular flexibility index (Phi) is 4.08. The number of ether oxygens (including phenoxy) is 1. The van der Waals surface area contributed by atoms with Crippen LogP contribution >= 0.6 is 0 Å². The number of benzene rings is 1. The first kappa shape index (κ1) is 14.1. The maximum absolute atomic E-state index is 12.3. The van der Waals surface area contributed by atoms with E-state index < -0.39 is 0 Å². The number of carbonyl (C=O) groups excluding carboxylic acids is 1. The Bertz CT molecular complexity index is 619. The summed E-state index contributed by atoms with van der Waals surface area (Å²) in [6.07, 6.45) is 1.92. The van der Waals surface area contributed by atoms with Crippen LogP contribution in [0.3, 0.4) is 0 Å².